The summed E-state index contributed by atoms with van der Waals surface area (Å²) >= 11 is 5.97. The van der Waals surface area contributed by atoms with Crippen molar-refractivity contribution in [2.24, 2.45) is 0 Å². The number of rotatable bonds is 5. The average molecular weight is 370 g/mol. The van der Waals surface area contributed by atoms with E-state index in [1.54, 1.807) is 13.0 Å². The third-order valence-electron chi connectivity index (χ3n) is 3.33. The van der Waals surface area contributed by atoms with Crippen LogP contribution in [0, 0.1) is 6.92 Å². The van der Waals surface area contributed by atoms with Crippen LogP contribution >= 0.6 is 11.6 Å². The lowest BCUT2D eigenvalue weighted by molar-refractivity contribution is 0.0600. The van der Waals surface area contributed by atoms with Gasteiger partial charge >= 0.3 is 5.97 Å². The van der Waals surface area contributed by atoms with Crippen LogP contribution in [-0.4, -0.2) is 28.6 Å². The number of ether oxygens (including phenoxy) is 2. The standard InChI is InChI=1S/C16H16ClNO5S/c1-10-8-11(16(19)23-3)4-6-14(10)18-24(20,21)12-5-7-15(22-2)13(17)9-12/h4-9,18H,1-3H3. The molecule has 0 bridgehead atoms. The van der Waals surface area contributed by atoms with Crippen molar-refractivity contribution in [2.75, 3.05) is 18.9 Å². The number of esters is 1. The third kappa shape index (κ3) is 3.80. The molecule has 0 aliphatic rings. The van der Waals surface area contributed by atoms with E-state index in [2.05, 4.69) is 9.46 Å². The van der Waals surface area contributed by atoms with Gasteiger partial charge in [-0.1, -0.05) is 11.6 Å². The highest BCUT2D eigenvalue weighted by atomic mass is 35.5. The molecule has 128 valence electrons. The van der Waals surface area contributed by atoms with Crippen LogP contribution in [0.2, 0.25) is 5.02 Å². The normalized spacial score (nSPS) is 11.0. The van der Waals surface area contributed by atoms with Crippen LogP contribution in [0.1, 0.15) is 15.9 Å². The van der Waals surface area contributed by atoms with Crippen molar-refractivity contribution in [3.63, 3.8) is 0 Å². The number of anilines is 1. The molecule has 0 atom stereocenters. The summed E-state index contributed by atoms with van der Waals surface area (Å²) in [6, 6.07) is 8.71. The van der Waals surface area contributed by atoms with Gasteiger partial charge in [0.05, 0.1) is 35.4 Å². The Hall–Kier alpha value is -2.25. The van der Waals surface area contributed by atoms with Crippen molar-refractivity contribution in [3.05, 3.63) is 52.5 Å². The van der Waals surface area contributed by atoms with E-state index in [4.69, 9.17) is 16.3 Å². The maximum absolute atomic E-state index is 12.5. The number of halogens is 1. The lowest BCUT2D eigenvalue weighted by Crippen LogP contribution is -2.14. The van der Waals surface area contributed by atoms with Gasteiger partial charge in [0, 0.05) is 0 Å². The van der Waals surface area contributed by atoms with Crippen molar-refractivity contribution in [1.82, 2.24) is 0 Å². The van der Waals surface area contributed by atoms with Crippen LogP contribution in [0.5, 0.6) is 5.75 Å². The maximum atomic E-state index is 12.5. The molecule has 0 radical (unpaired) electrons. The van der Waals surface area contributed by atoms with Crippen LogP contribution in [-0.2, 0) is 14.8 Å². The quantitative estimate of drug-likeness (QED) is 0.818. The molecule has 8 heteroatoms. The molecule has 0 fully saturated rings. The molecule has 0 aliphatic heterocycles. The number of carbonyl (C=O) groups is 1. The fraction of sp³-hybridized carbons (Fsp3) is 0.188. The molecule has 0 heterocycles. The molecule has 0 unspecified atom stereocenters. The molecule has 2 aromatic rings. The number of sulfonamides is 1. The van der Waals surface area contributed by atoms with Gasteiger partial charge in [0.25, 0.3) is 10.0 Å². The fourth-order valence-electron chi connectivity index (χ4n) is 2.04. The van der Waals surface area contributed by atoms with Gasteiger partial charge in [0.2, 0.25) is 0 Å². The second-order valence-electron chi connectivity index (χ2n) is 4.92. The molecule has 2 rings (SSSR count). The first-order valence-electron chi connectivity index (χ1n) is 6.84. The summed E-state index contributed by atoms with van der Waals surface area (Å²) < 4.78 is 37.1. The lowest BCUT2D eigenvalue weighted by Gasteiger charge is -2.12. The SMILES string of the molecule is COC(=O)c1ccc(NS(=O)(=O)c2ccc(OC)c(Cl)c2)c(C)c1. The Bertz CT molecular complexity index is 880. The molecule has 0 spiro atoms. The third-order valence-corrected chi connectivity index (χ3v) is 4.98. The average Bonchev–Trinajstić information content (AvgIpc) is 2.55. The highest BCUT2D eigenvalue weighted by Gasteiger charge is 2.18. The molecule has 0 amide bonds. The predicted molar refractivity (Wildman–Crippen MR) is 91.3 cm³/mol. The van der Waals surface area contributed by atoms with Crippen LogP contribution < -0.4 is 9.46 Å². The first kappa shape index (κ1) is 18.1. The van der Waals surface area contributed by atoms with E-state index in [1.807, 2.05) is 0 Å². The van der Waals surface area contributed by atoms with Gasteiger partial charge < -0.3 is 9.47 Å². The van der Waals surface area contributed by atoms with Gasteiger partial charge in [0.15, 0.2) is 0 Å². The second kappa shape index (κ2) is 7.11. The van der Waals surface area contributed by atoms with Crippen LogP contribution in [0.25, 0.3) is 0 Å². The number of methoxy groups -OCH3 is 2. The fourth-order valence-corrected chi connectivity index (χ4v) is 3.52. The summed E-state index contributed by atoms with van der Waals surface area (Å²) in [5.41, 5.74) is 1.28. The van der Waals surface area contributed by atoms with Crippen molar-refractivity contribution in [1.29, 1.82) is 0 Å². The van der Waals surface area contributed by atoms with Gasteiger partial charge in [0.1, 0.15) is 5.75 Å². The number of hydrogen-bond donors (Lipinski definition) is 1. The number of benzene rings is 2. The van der Waals surface area contributed by atoms with Crippen LogP contribution in [0.15, 0.2) is 41.3 Å². The Morgan fingerprint density at radius 2 is 1.83 bits per heavy atom. The molecule has 24 heavy (non-hydrogen) atoms. The molecule has 0 saturated carbocycles. The molecule has 0 saturated heterocycles. The van der Waals surface area contributed by atoms with Crippen molar-refractivity contribution in [2.45, 2.75) is 11.8 Å². The predicted octanol–water partition coefficient (Wildman–Crippen LogP) is 3.24. The zero-order valence-electron chi connectivity index (χ0n) is 13.3. The Kier molecular flexibility index (Phi) is 5.36. The van der Waals surface area contributed by atoms with Crippen molar-refractivity contribution in [3.8, 4) is 5.75 Å². The van der Waals surface area contributed by atoms with E-state index >= 15 is 0 Å². The zero-order valence-corrected chi connectivity index (χ0v) is 14.9. The Morgan fingerprint density at radius 3 is 2.38 bits per heavy atom. The lowest BCUT2D eigenvalue weighted by atomic mass is 10.1. The minimum Gasteiger partial charge on any atom is -0.495 e. The Balaban J connectivity index is 2.32. The smallest absolute Gasteiger partial charge is 0.337 e. The van der Waals surface area contributed by atoms with Gasteiger partial charge in [-0.3, -0.25) is 4.72 Å². The Labute approximate surface area is 145 Å². The summed E-state index contributed by atoms with van der Waals surface area (Å²) in [7, 11) is -1.10. The number of carbonyl (C=O) groups excluding carboxylic acids is 1. The minimum absolute atomic E-state index is 0.00439. The van der Waals surface area contributed by atoms with Crippen molar-refractivity contribution >= 4 is 33.3 Å². The van der Waals surface area contributed by atoms with E-state index in [0.29, 0.717) is 22.6 Å². The van der Waals surface area contributed by atoms with Gasteiger partial charge in [-0.15, -0.1) is 0 Å². The molecule has 6 nitrogen and oxygen atoms in total. The first-order chi connectivity index (χ1) is 11.3. The molecule has 0 aliphatic carbocycles. The highest BCUT2D eigenvalue weighted by Crippen LogP contribution is 2.28. The van der Waals surface area contributed by atoms with Crippen LogP contribution in [0.4, 0.5) is 5.69 Å². The van der Waals surface area contributed by atoms with E-state index in [-0.39, 0.29) is 9.92 Å². The maximum Gasteiger partial charge on any atom is 0.337 e. The first-order valence-corrected chi connectivity index (χ1v) is 8.70. The number of hydrogen-bond acceptors (Lipinski definition) is 5. The molecular formula is C16H16ClNO5S. The van der Waals surface area contributed by atoms with Crippen molar-refractivity contribution < 1.29 is 22.7 Å². The molecule has 0 aromatic heterocycles. The summed E-state index contributed by atoms with van der Waals surface area (Å²) in [6.45, 7) is 1.69. The van der Waals surface area contributed by atoms with E-state index in [1.165, 1.54) is 44.6 Å². The zero-order chi connectivity index (χ0) is 17.9. The van der Waals surface area contributed by atoms with Gasteiger partial charge in [-0.05, 0) is 48.9 Å². The number of aryl methyl sites for hydroxylation is 1. The van der Waals surface area contributed by atoms with E-state index in [9.17, 15) is 13.2 Å². The summed E-state index contributed by atoms with van der Waals surface area (Å²) in [4.78, 5) is 11.5. The topological polar surface area (TPSA) is 81.7 Å². The van der Waals surface area contributed by atoms with Gasteiger partial charge in [-0.25, -0.2) is 13.2 Å². The second-order valence-corrected chi connectivity index (χ2v) is 7.01. The minimum atomic E-state index is -3.83. The summed E-state index contributed by atoms with van der Waals surface area (Å²) in [5, 5.41) is 0.193. The highest BCUT2D eigenvalue weighted by molar-refractivity contribution is 7.92. The largest absolute Gasteiger partial charge is 0.495 e. The molecule has 1 N–H and O–H groups in total. The number of nitrogens with one attached hydrogen (secondary N) is 1. The van der Waals surface area contributed by atoms with Crippen LogP contribution in [0.3, 0.4) is 0 Å². The Morgan fingerprint density at radius 1 is 1.12 bits per heavy atom. The summed E-state index contributed by atoms with van der Waals surface area (Å²) in [5.74, 6) is -0.108. The molecule has 2 aromatic carbocycles. The van der Waals surface area contributed by atoms with Gasteiger partial charge in [-0.2, -0.15) is 0 Å². The van der Waals surface area contributed by atoms with E-state index < -0.39 is 16.0 Å². The monoisotopic (exact) mass is 369 g/mol. The van der Waals surface area contributed by atoms with E-state index in [0.717, 1.165) is 0 Å². The summed E-state index contributed by atoms with van der Waals surface area (Å²) in [6.07, 6.45) is 0. The molecular weight excluding hydrogens is 354 g/mol.